The third-order valence-corrected chi connectivity index (χ3v) is 3.76. The Bertz CT molecular complexity index is 785. The van der Waals surface area contributed by atoms with Crippen LogP contribution < -0.4 is 5.32 Å². The molecule has 0 aliphatic heterocycles. The van der Waals surface area contributed by atoms with Gasteiger partial charge in [-0.2, -0.15) is 0 Å². The molecule has 0 aliphatic rings. The van der Waals surface area contributed by atoms with Crippen molar-refractivity contribution in [3.05, 3.63) is 46.7 Å². The number of aromatic nitrogens is 3. The smallest absolute Gasteiger partial charge is 0.277 e. The van der Waals surface area contributed by atoms with Crippen LogP contribution in [0.1, 0.15) is 16.1 Å². The fourth-order valence-corrected chi connectivity index (χ4v) is 2.74. The zero-order valence-electron chi connectivity index (χ0n) is 10.4. The first-order chi connectivity index (χ1) is 9.61. The summed E-state index contributed by atoms with van der Waals surface area (Å²) in [6.07, 6.45) is 0. The number of hydrogen-bond donors (Lipinski definition) is 1. The van der Waals surface area contributed by atoms with Gasteiger partial charge in [0.05, 0.1) is 10.2 Å². The van der Waals surface area contributed by atoms with Crippen molar-refractivity contribution in [2.45, 2.75) is 6.92 Å². The van der Waals surface area contributed by atoms with Crippen molar-refractivity contribution in [1.82, 2.24) is 15.2 Å². The molecule has 0 aliphatic carbocycles. The van der Waals surface area contributed by atoms with Crippen molar-refractivity contribution in [2.75, 3.05) is 5.32 Å². The van der Waals surface area contributed by atoms with Crippen molar-refractivity contribution in [3.63, 3.8) is 0 Å². The Hall–Kier alpha value is -2.05. The van der Waals surface area contributed by atoms with Gasteiger partial charge in [-0.25, -0.2) is 4.98 Å². The molecular weight excluding hydrogens is 296 g/mol. The van der Waals surface area contributed by atoms with E-state index in [0.717, 1.165) is 15.8 Å². The summed E-state index contributed by atoms with van der Waals surface area (Å²) in [5.74, 6) is -0.357. The lowest BCUT2D eigenvalue weighted by molar-refractivity contribution is 0.102. The van der Waals surface area contributed by atoms with Crippen LogP contribution in [0.25, 0.3) is 10.2 Å². The molecule has 0 fully saturated rings. The van der Waals surface area contributed by atoms with Gasteiger partial charge in [0.1, 0.15) is 0 Å². The fourth-order valence-electron chi connectivity index (χ4n) is 1.68. The molecule has 3 rings (SSSR count). The van der Waals surface area contributed by atoms with Gasteiger partial charge in [-0.1, -0.05) is 29.0 Å². The van der Waals surface area contributed by atoms with E-state index < -0.39 is 0 Å². The number of nitrogens with zero attached hydrogens (tertiary/aromatic N) is 3. The molecular formula is C13H9ClN4OS. The first kappa shape index (κ1) is 13.0. The molecule has 1 amide bonds. The largest absolute Gasteiger partial charge is 0.296 e. The Morgan fingerprint density at radius 3 is 2.85 bits per heavy atom. The van der Waals surface area contributed by atoms with E-state index in [0.29, 0.717) is 5.13 Å². The highest BCUT2D eigenvalue weighted by Crippen LogP contribution is 2.26. The van der Waals surface area contributed by atoms with E-state index in [2.05, 4.69) is 20.5 Å². The maximum Gasteiger partial charge on any atom is 0.277 e. The standard InChI is InChI=1S/C13H9ClN4OS/c1-7-2-3-8-10(6-7)20-13(15-8)16-12(19)9-4-5-11(14)18-17-9/h2-6H,1H3,(H,15,16,19). The molecule has 0 radical (unpaired) electrons. The van der Waals surface area contributed by atoms with E-state index in [1.807, 2.05) is 25.1 Å². The first-order valence-electron chi connectivity index (χ1n) is 5.79. The number of carbonyl (C=O) groups excluding carboxylic acids is 1. The number of benzene rings is 1. The van der Waals surface area contributed by atoms with Gasteiger partial charge in [-0.05, 0) is 36.8 Å². The van der Waals surface area contributed by atoms with Crippen LogP contribution in [-0.4, -0.2) is 21.1 Å². The number of thiazole rings is 1. The predicted octanol–water partition coefficient (Wildman–Crippen LogP) is 3.30. The summed E-state index contributed by atoms with van der Waals surface area (Å²) >= 11 is 7.05. The number of fused-ring (bicyclic) bond motifs is 1. The maximum absolute atomic E-state index is 12.0. The second kappa shape index (κ2) is 5.15. The van der Waals surface area contributed by atoms with Crippen molar-refractivity contribution in [3.8, 4) is 0 Å². The monoisotopic (exact) mass is 304 g/mol. The molecule has 1 aromatic carbocycles. The van der Waals surface area contributed by atoms with Crippen molar-refractivity contribution in [1.29, 1.82) is 0 Å². The number of amides is 1. The van der Waals surface area contributed by atoms with Crippen LogP contribution in [0.2, 0.25) is 5.15 Å². The lowest BCUT2D eigenvalue weighted by Crippen LogP contribution is -2.13. The third-order valence-electron chi connectivity index (χ3n) is 2.63. The molecule has 5 nitrogen and oxygen atoms in total. The average Bonchev–Trinajstić information content (AvgIpc) is 2.80. The number of anilines is 1. The summed E-state index contributed by atoms with van der Waals surface area (Å²) in [5, 5.41) is 10.9. The van der Waals surface area contributed by atoms with Crippen LogP contribution in [0.15, 0.2) is 30.3 Å². The normalized spacial score (nSPS) is 10.7. The molecule has 0 atom stereocenters. The molecule has 0 unspecified atom stereocenters. The average molecular weight is 305 g/mol. The summed E-state index contributed by atoms with van der Waals surface area (Å²) in [7, 11) is 0. The van der Waals surface area contributed by atoms with E-state index in [4.69, 9.17) is 11.6 Å². The van der Waals surface area contributed by atoms with Crippen LogP contribution in [-0.2, 0) is 0 Å². The van der Waals surface area contributed by atoms with Gasteiger partial charge in [0.15, 0.2) is 16.0 Å². The Kier molecular flexibility index (Phi) is 3.33. The lowest BCUT2D eigenvalue weighted by atomic mass is 10.2. The quantitative estimate of drug-likeness (QED) is 0.788. The van der Waals surface area contributed by atoms with Gasteiger partial charge >= 0.3 is 0 Å². The Morgan fingerprint density at radius 2 is 2.10 bits per heavy atom. The first-order valence-corrected chi connectivity index (χ1v) is 6.99. The summed E-state index contributed by atoms with van der Waals surface area (Å²) in [6.45, 7) is 2.01. The second-order valence-corrected chi connectivity index (χ2v) is 5.60. The zero-order chi connectivity index (χ0) is 14.1. The summed E-state index contributed by atoms with van der Waals surface area (Å²) in [5.41, 5.74) is 2.21. The minimum atomic E-state index is -0.357. The molecule has 100 valence electrons. The molecule has 0 saturated heterocycles. The zero-order valence-corrected chi connectivity index (χ0v) is 12.0. The van der Waals surface area contributed by atoms with Gasteiger partial charge in [0, 0.05) is 0 Å². The molecule has 20 heavy (non-hydrogen) atoms. The van der Waals surface area contributed by atoms with Gasteiger partial charge in [-0.3, -0.25) is 10.1 Å². The topological polar surface area (TPSA) is 67.8 Å². The Morgan fingerprint density at radius 1 is 1.25 bits per heavy atom. The van der Waals surface area contributed by atoms with Crippen LogP contribution in [0, 0.1) is 6.92 Å². The molecule has 3 aromatic rings. The van der Waals surface area contributed by atoms with Crippen molar-refractivity contribution in [2.24, 2.45) is 0 Å². The fraction of sp³-hybridized carbons (Fsp3) is 0.0769. The Labute approximate surface area is 123 Å². The van der Waals surface area contributed by atoms with Crippen LogP contribution in [0.3, 0.4) is 0 Å². The molecule has 1 N–H and O–H groups in total. The Balaban J connectivity index is 1.85. The van der Waals surface area contributed by atoms with E-state index in [1.54, 1.807) is 0 Å². The van der Waals surface area contributed by atoms with Crippen molar-refractivity contribution < 1.29 is 4.79 Å². The van der Waals surface area contributed by atoms with E-state index in [1.165, 1.54) is 23.5 Å². The minimum Gasteiger partial charge on any atom is -0.296 e. The molecule has 0 saturated carbocycles. The number of aryl methyl sites for hydroxylation is 1. The van der Waals surface area contributed by atoms with E-state index in [9.17, 15) is 4.79 Å². The maximum atomic E-state index is 12.0. The number of halogens is 1. The van der Waals surface area contributed by atoms with Gasteiger partial charge in [0.25, 0.3) is 5.91 Å². The van der Waals surface area contributed by atoms with Crippen LogP contribution in [0.5, 0.6) is 0 Å². The molecule has 2 aromatic heterocycles. The predicted molar refractivity (Wildman–Crippen MR) is 79.4 cm³/mol. The second-order valence-electron chi connectivity index (χ2n) is 4.19. The number of nitrogens with one attached hydrogen (secondary N) is 1. The number of hydrogen-bond acceptors (Lipinski definition) is 5. The number of rotatable bonds is 2. The number of carbonyl (C=O) groups is 1. The van der Waals surface area contributed by atoms with Gasteiger partial charge in [0.2, 0.25) is 0 Å². The highest BCUT2D eigenvalue weighted by molar-refractivity contribution is 7.22. The van der Waals surface area contributed by atoms with Gasteiger partial charge in [-0.15, -0.1) is 10.2 Å². The minimum absolute atomic E-state index is 0.199. The summed E-state index contributed by atoms with van der Waals surface area (Å²) in [4.78, 5) is 16.3. The third kappa shape index (κ3) is 2.61. The lowest BCUT2D eigenvalue weighted by Gasteiger charge is -1.99. The summed E-state index contributed by atoms with van der Waals surface area (Å²) < 4.78 is 1.03. The SMILES string of the molecule is Cc1ccc2nc(NC(=O)c3ccc(Cl)nn3)sc2c1. The van der Waals surface area contributed by atoms with Crippen LogP contribution >= 0.6 is 22.9 Å². The molecule has 7 heteroatoms. The van der Waals surface area contributed by atoms with Gasteiger partial charge < -0.3 is 0 Å². The van der Waals surface area contributed by atoms with Crippen LogP contribution in [0.4, 0.5) is 5.13 Å². The molecule has 0 spiro atoms. The molecule has 0 bridgehead atoms. The highest BCUT2D eigenvalue weighted by Gasteiger charge is 2.11. The molecule has 2 heterocycles. The van der Waals surface area contributed by atoms with E-state index >= 15 is 0 Å². The van der Waals surface area contributed by atoms with E-state index in [-0.39, 0.29) is 16.8 Å². The highest BCUT2D eigenvalue weighted by atomic mass is 35.5. The van der Waals surface area contributed by atoms with Crippen molar-refractivity contribution >= 4 is 44.2 Å². The summed E-state index contributed by atoms with van der Waals surface area (Å²) in [6, 6.07) is 8.98.